The van der Waals surface area contributed by atoms with Gasteiger partial charge in [0.15, 0.2) is 0 Å². The van der Waals surface area contributed by atoms with Crippen molar-refractivity contribution in [1.29, 1.82) is 0 Å². The average molecular weight is 284 g/mol. The molecule has 0 aromatic rings. The van der Waals surface area contributed by atoms with Crippen LogP contribution in [0.2, 0.25) is 0 Å². The van der Waals surface area contributed by atoms with Gasteiger partial charge in [-0.3, -0.25) is 14.4 Å². The maximum Gasteiger partial charge on any atom is 0.307 e. The highest BCUT2D eigenvalue weighted by atomic mass is 16.4. The monoisotopic (exact) mass is 284 g/mol. The smallest absolute Gasteiger partial charge is 0.307 e. The van der Waals surface area contributed by atoms with Crippen LogP contribution in [0.3, 0.4) is 0 Å². The number of unbranched alkanes of at least 4 members (excludes halogenated alkanes) is 1. The molecule has 1 fully saturated rings. The third-order valence-corrected chi connectivity index (χ3v) is 3.87. The summed E-state index contributed by atoms with van der Waals surface area (Å²) >= 11 is 0. The number of carbonyl (C=O) groups is 3. The van der Waals surface area contributed by atoms with Crippen molar-refractivity contribution in [3.8, 4) is 0 Å². The number of rotatable bonds is 7. The Labute approximate surface area is 119 Å². The Kier molecular flexibility index (Phi) is 5.98. The number of carboxylic acid groups (broad SMARTS) is 1. The van der Waals surface area contributed by atoms with E-state index in [0.29, 0.717) is 19.4 Å². The number of primary amides is 1. The lowest BCUT2D eigenvalue weighted by atomic mass is 9.94. The first kappa shape index (κ1) is 16.5. The van der Waals surface area contributed by atoms with Gasteiger partial charge in [-0.1, -0.05) is 20.3 Å². The number of hydrogen-bond donors (Lipinski definition) is 2. The number of carbonyl (C=O) groups excluding carboxylic acids is 2. The van der Waals surface area contributed by atoms with Gasteiger partial charge < -0.3 is 15.7 Å². The van der Waals surface area contributed by atoms with Crippen molar-refractivity contribution >= 4 is 17.8 Å². The minimum absolute atomic E-state index is 0.129. The molecule has 0 radical (unpaired) electrons. The van der Waals surface area contributed by atoms with Crippen LogP contribution in [0.5, 0.6) is 0 Å². The molecule has 0 aromatic heterocycles. The Bertz CT molecular complexity index is 383. The Hall–Kier alpha value is -1.59. The molecule has 0 saturated heterocycles. The van der Waals surface area contributed by atoms with E-state index in [1.165, 1.54) is 4.90 Å². The van der Waals surface area contributed by atoms with Crippen LogP contribution in [-0.2, 0) is 14.4 Å². The zero-order chi connectivity index (χ0) is 15.3. The maximum atomic E-state index is 12.5. The van der Waals surface area contributed by atoms with E-state index >= 15 is 0 Å². The molecule has 1 saturated carbocycles. The van der Waals surface area contributed by atoms with Crippen molar-refractivity contribution in [3.63, 3.8) is 0 Å². The molecule has 1 unspecified atom stereocenters. The van der Waals surface area contributed by atoms with Gasteiger partial charge in [0.05, 0.1) is 18.4 Å². The Morgan fingerprint density at radius 1 is 1.25 bits per heavy atom. The summed E-state index contributed by atoms with van der Waals surface area (Å²) in [5, 5.41) is 9.23. The average Bonchev–Trinajstić information content (AvgIpc) is 2.75. The maximum absolute atomic E-state index is 12.5. The summed E-state index contributed by atoms with van der Waals surface area (Å²) in [7, 11) is 0. The molecule has 6 heteroatoms. The minimum atomic E-state index is -0.929. The van der Waals surface area contributed by atoms with E-state index in [1.54, 1.807) is 0 Å². The van der Waals surface area contributed by atoms with Gasteiger partial charge in [-0.25, -0.2) is 0 Å². The van der Waals surface area contributed by atoms with E-state index in [-0.39, 0.29) is 18.4 Å². The highest BCUT2D eigenvalue weighted by Crippen LogP contribution is 2.37. The van der Waals surface area contributed by atoms with Crippen LogP contribution in [0.4, 0.5) is 0 Å². The molecule has 1 aliphatic rings. The lowest BCUT2D eigenvalue weighted by Crippen LogP contribution is -2.44. The standard InChI is InChI=1S/C14H24N2O4/c1-3-4-5-16(8-12(15)17)13(18)10-6-9(2)7-11(10)14(19)20/h9-11H,3-8H2,1-2H3,(H2,15,17)(H,19,20)/t9?,10-,11+/m0/s1. The summed E-state index contributed by atoms with van der Waals surface area (Å²) in [6.07, 6.45) is 2.76. The summed E-state index contributed by atoms with van der Waals surface area (Å²) < 4.78 is 0. The quantitative estimate of drug-likeness (QED) is 0.723. The summed E-state index contributed by atoms with van der Waals surface area (Å²) in [6, 6.07) is 0. The van der Waals surface area contributed by atoms with Gasteiger partial charge in [0, 0.05) is 6.54 Å². The van der Waals surface area contributed by atoms with Crippen molar-refractivity contribution in [2.45, 2.75) is 39.5 Å². The Morgan fingerprint density at radius 3 is 2.35 bits per heavy atom. The number of amides is 2. The largest absolute Gasteiger partial charge is 0.481 e. The fraction of sp³-hybridized carbons (Fsp3) is 0.786. The van der Waals surface area contributed by atoms with Crippen molar-refractivity contribution in [2.24, 2.45) is 23.5 Å². The number of hydrogen-bond acceptors (Lipinski definition) is 3. The summed E-state index contributed by atoms with van der Waals surface area (Å²) in [4.78, 5) is 36.3. The highest BCUT2D eigenvalue weighted by Gasteiger charge is 2.42. The lowest BCUT2D eigenvalue weighted by Gasteiger charge is -2.26. The summed E-state index contributed by atoms with van der Waals surface area (Å²) in [5.41, 5.74) is 5.17. The fourth-order valence-electron chi connectivity index (χ4n) is 2.88. The zero-order valence-electron chi connectivity index (χ0n) is 12.2. The summed E-state index contributed by atoms with van der Waals surface area (Å²) in [5.74, 6) is -2.69. The first-order valence-corrected chi connectivity index (χ1v) is 7.16. The van der Waals surface area contributed by atoms with E-state index in [1.807, 2.05) is 13.8 Å². The molecule has 20 heavy (non-hydrogen) atoms. The van der Waals surface area contributed by atoms with Crippen molar-refractivity contribution < 1.29 is 19.5 Å². The molecule has 0 aromatic carbocycles. The van der Waals surface area contributed by atoms with Crippen LogP contribution >= 0.6 is 0 Å². The second-order valence-corrected chi connectivity index (χ2v) is 5.71. The molecular formula is C14H24N2O4. The molecule has 0 heterocycles. The molecular weight excluding hydrogens is 260 g/mol. The second kappa shape index (κ2) is 7.26. The molecule has 114 valence electrons. The first-order valence-electron chi connectivity index (χ1n) is 7.16. The third kappa shape index (κ3) is 4.21. The van der Waals surface area contributed by atoms with Crippen LogP contribution in [0.1, 0.15) is 39.5 Å². The van der Waals surface area contributed by atoms with Gasteiger partial charge >= 0.3 is 5.97 Å². The van der Waals surface area contributed by atoms with Crippen molar-refractivity contribution in [1.82, 2.24) is 4.90 Å². The van der Waals surface area contributed by atoms with Gasteiger partial charge in [-0.15, -0.1) is 0 Å². The van der Waals surface area contributed by atoms with Crippen LogP contribution in [0.25, 0.3) is 0 Å². The van der Waals surface area contributed by atoms with Crippen molar-refractivity contribution in [2.75, 3.05) is 13.1 Å². The van der Waals surface area contributed by atoms with E-state index in [2.05, 4.69) is 0 Å². The van der Waals surface area contributed by atoms with E-state index < -0.39 is 23.7 Å². The van der Waals surface area contributed by atoms with Crippen LogP contribution < -0.4 is 5.73 Å². The highest BCUT2D eigenvalue weighted by molar-refractivity contribution is 5.88. The molecule has 1 aliphatic carbocycles. The van der Waals surface area contributed by atoms with Gasteiger partial charge in [0.25, 0.3) is 0 Å². The molecule has 1 rings (SSSR count). The fourth-order valence-corrected chi connectivity index (χ4v) is 2.88. The van der Waals surface area contributed by atoms with E-state index in [0.717, 1.165) is 12.8 Å². The first-order chi connectivity index (χ1) is 9.36. The van der Waals surface area contributed by atoms with E-state index in [4.69, 9.17) is 5.73 Å². The molecule has 0 bridgehead atoms. The van der Waals surface area contributed by atoms with E-state index in [9.17, 15) is 19.5 Å². The number of aliphatic carboxylic acids is 1. The topological polar surface area (TPSA) is 101 Å². The second-order valence-electron chi connectivity index (χ2n) is 5.71. The van der Waals surface area contributed by atoms with Gasteiger partial charge in [0.2, 0.25) is 11.8 Å². The SMILES string of the molecule is CCCCN(CC(N)=O)C(=O)[C@H]1CC(C)C[C@H]1C(=O)O. The number of nitrogens with two attached hydrogens (primary N) is 1. The van der Waals surface area contributed by atoms with Gasteiger partial charge in [0.1, 0.15) is 0 Å². The van der Waals surface area contributed by atoms with Crippen LogP contribution in [-0.4, -0.2) is 40.9 Å². The Balaban J connectivity index is 2.81. The van der Waals surface area contributed by atoms with Gasteiger partial charge in [-0.05, 0) is 25.2 Å². The molecule has 6 nitrogen and oxygen atoms in total. The number of nitrogens with zero attached hydrogens (tertiary/aromatic N) is 1. The number of carboxylic acids is 1. The Morgan fingerprint density at radius 2 is 1.85 bits per heavy atom. The van der Waals surface area contributed by atoms with Crippen LogP contribution in [0, 0.1) is 17.8 Å². The molecule has 0 spiro atoms. The zero-order valence-corrected chi connectivity index (χ0v) is 12.2. The third-order valence-electron chi connectivity index (χ3n) is 3.87. The molecule has 0 aliphatic heterocycles. The molecule has 3 N–H and O–H groups in total. The van der Waals surface area contributed by atoms with Crippen LogP contribution in [0.15, 0.2) is 0 Å². The predicted octanol–water partition coefficient (Wildman–Crippen LogP) is 0.847. The molecule has 3 atom stereocenters. The molecule has 2 amide bonds. The minimum Gasteiger partial charge on any atom is -0.481 e. The van der Waals surface area contributed by atoms with Gasteiger partial charge in [-0.2, -0.15) is 0 Å². The normalized spacial score (nSPS) is 25.4. The summed E-state index contributed by atoms with van der Waals surface area (Å²) in [6.45, 7) is 4.27. The lowest BCUT2D eigenvalue weighted by molar-refractivity contribution is -0.149. The van der Waals surface area contributed by atoms with Crippen molar-refractivity contribution in [3.05, 3.63) is 0 Å². The predicted molar refractivity (Wildman–Crippen MR) is 73.7 cm³/mol.